The van der Waals surface area contributed by atoms with Crippen molar-refractivity contribution in [2.24, 2.45) is 0 Å². The second-order valence-corrected chi connectivity index (χ2v) is 5.42. The first-order chi connectivity index (χ1) is 11.0. The number of aromatic nitrogens is 3. The molecule has 9 heteroatoms. The minimum Gasteiger partial charge on any atom is -0.493 e. The zero-order chi connectivity index (χ0) is 17.0. The Balaban J connectivity index is 2.20. The number of anilines is 2. The van der Waals surface area contributed by atoms with Crippen molar-refractivity contribution in [1.82, 2.24) is 14.8 Å². The van der Waals surface area contributed by atoms with Crippen LogP contribution in [-0.4, -0.2) is 41.1 Å². The van der Waals surface area contributed by atoms with Gasteiger partial charge in [-0.05, 0) is 25.3 Å². The number of nitrogens with two attached hydrogens (primary N) is 1. The summed E-state index contributed by atoms with van der Waals surface area (Å²) in [6.07, 6.45) is 1.85. The third-order valence-electron chi connectivity index (χ3n) is 3.29. The third kappa shape index (κ3) is 3.50. The molecule has 0 saturated heterocycles. The highest BCUT2D eigenvalue weighted by Crippen LogP contribution is 2.30. The van der Waals surface area contributed by atoms with E-state index in [1.807, 2.05) is 6.26 Å². The van der Waals surface area contributed by atoms with Gasteiger partial charge in [0.05, 0.1) is 14.2 Å². The molecule has 124 valence electrons. The lowest BCUT2D eigenvalue weighted by Crippen LogP contribution is -2.25. The largest absolute Gasteiger partial charge is 0.493 e. The summed E-state index contributed by atoms with van der Waals surface area (Å²) >= 11 is 1.37. The summed E-state index contributed by atoms with van der Waals surface area (Å²) in [6, 6.07) is 4.59. The Labute approximate surface area is 138 Å². The van der Waals surface area contributed by atoms with E-state index in [4.69, 9.17) is 15.2 Å². The fourth-order valence-electron chi connectivity index (χ4n) is 2.07. The average molecular weight is 337 g/mol. The van der Waals surface area contributed by atoms with Crippen LogP contribution in [0.1, 0.15) is 13.0 Å². The molecule has 1 amide bonds. The standard InChI is InChI=1S/C14H19N5O3S/c1-8(19-13(15)17-18-14(19)23-4)12(20)16-9-5-6-10(21-2)11(7-9)22-3/h5-8H,1-4H3,(H2,15,17)(H,16,20). The molecule has 2 aromatic rings. The monoisotopic (exact) mass is 337 g/mol. The van der Waals surface area contributed by atoms with Crippen LogP contribution in [0.25, 0.3) is 0 Å². The number of rotatable bonds is 6. The highest BCUT2D eigenvalue weighted by atomic mass is 32.2. The lowest BCUT2D eigenvalue weighted by Gasteiger charge is -2.16. The minimum absolute atomic E-state index is 0.198. The summed E-state index contributed by atoms with van der Waals surface area (Å²) in [5.74, 6) is 1.08. The molecule has 0 spiro atoms. The number of hydrogen-bond acceptors (Lipinski definition) is 7. The Kier molecular flexibility index (Phi) is 5.32. The number of nitrogens with zero attached hydrogens (tertiary/aromatic N) is 3. The Hall–Kier alpha value is -2.42. The van der Waals surface area contributed by atoms with Gasteiger partial charge in [-0.3, -0.25) is 9.36 Å². The number of hydrogen-bond donors (Lipinski definition) is 2. The van der Waals surface area contributed by atoms with Gasteiger partial charge in [-0.2, -0.15) is 0 Å². The van der Waals surface area contributed by atoms with E-state index < -0.39 is 6.04 Å². The molecule has 0 aliphatic carbocycles. The van der Waals surface area contributed by atoms with Crippen molar-refractivity contribution >= 4 is 29.3 Å². The van der Waals surface area contributed by atoms with Gasteiger partial charge in [0.1, 0.15) is 6.04 Å². The molecule has 1 aromatic carbocycles. The quantitative estimate of drug-likeness (QED) is 0.774. The van der Waals surface area contributed by atoms with Crippen LogP contribution in [0.2, 0.25) is 0 Å². The number of benzene rings is 1. The van der Waals surface area contributed by atoms with E-state index in [0.717, 1.165) is 0 Å². The van der Waals surface area contributed by atoms with Crippen molar-refractivity contribution in [3.63, 3.8) is 0 Å². The van der Waals surface area contributed by atoms with Gasteiger partial charge in [0, 0.05) is 11.8 Å². The predicted octanol–water partition coefficient (Wildman–Crippen LogP) is 1.80. The van der Waals surface area contributed by atoms with Crippen molar-refractivity contribution in [2.75, 3.05) is 31.5 Å². The summed E-state index contributed by atoms with van der Waals surface area (Å²) < 4.78 is 12.0. The van der Waals surface area contributed by atoms with Crippen LogP contribution in [0.5, 0.6) is 11.5 Å². The lowest BCUT2D eigenvalue weighted by atomic mass is 10.2. The minimum atomic E-state index is -0.555. The van der Waals surface area contributed by atoms with E-state index in [-0.39, 0.29) is 11.9 Å². The summed E-state index contributed by atoms with van der Waals surface area (Å²) in [4.78, 5) is 12.5. The highest BCUT2D eigenvalue weighted by molar-refractivity contribution is 7.98. The molecule has 8 nitrogen and oxygen atoms in total. The fraction of sp³-hybridized carbons (Fsp3) is 0.357. The van der Waals surface area contributed by atoms with E-state index in [1.54, 1.807) is 36.8 Å². The first-order valence-corrected chi connectivity index (χ1v) is 8.01. The van der Waals surface area contributed by atoms with Gasteiger partial charge in [0.25, 0.3) is 0 Å². The molecule has 1 heterocycles. The van der Waals surface area contributed by atoms with E-state index in [0.29, 0.717) is 22.3 Å². The second-order valence-electron chi connectivity index (χ2n) is 4.65. The van der Waals surface area contributed by atoms with Crippen molar-refractivity contribution < 1.29 is 14.3 Å². The maximum atomic E-state index is 12.5. The average Bonchev–Trinajstić information content (AvgIpc) is 2.94. The molecule has 0 aliphatic heterocycles. The van der Waals surface area contributed by atoms with Crippen molar-refractivity contribution in [3.05, 3.63) is 18.2 Å². The van der Waals surface area contributed by atoms with Crippen LogP contribution < -0.4 is 20.5 Å². The van der Waals surface area contributed by atoms with E-state index in [2.05, 4.69) is 15.5 Å². The van der Waals surface area contributed by atoms with Gasteiger partial charge in [0.15, 0.2) is 16.7 Å². The molecule has 0 bridgehead atoms. The summed E-state index contributed by atoms with van der Waals surface area (Å²) in [6.45, 7) is 1.73. The number of carbonyl (C=O) groups is 1. The fourth-order valence-corrected chi connectivity index (χ4v) is 2.64. The summed E-state index contributed by atoms with van der Waals surface area (Å²) in [5.41, 5.74) is 6.39. The number of carbonyl (C=O) groups excluding carboxylic acids is 1. The lowest BCUT2D eigenvalue weighted by molar-refractivity contribution is -0.118. The van der Waals surface area contributed by atoms with Gasteiger partial charge >= 0.3 is 0 Å². The van der Waals surface area contributed by atoms with Crippen LogP contribution in [0.15, 0.2) is 23.4 Å². The molecule has 2 rings (SSSR count). The first kappa shape index (κ1) is 16.9. The normalized spacial score (nSPS) is 11.8. The number of nitrogen functional groups attached to an aromatic ring is 1. The maximum Gasteiger partial charge on any atom is 0.247 e. The van der Waals surface area contributed by atoms with Gasteiger partial charge in [-0.15, -0.1) is 10.2 Å². The van der Waals surface area contributed by atoms with Crippen molar-refractivity contribution in [2.45, 2.75) is 18.1 Å². The molecule has 0 fully saturated rings. The Morgan fingerprint density at radius 2 is 2.00 bits per heavy atom. The second kappa shape index (κ2) is 7.23. The summed E-state index contributed by atoms with van der Waals surface area (Å²) in [5, 5.41) is 11.1. The predicted molar refractivity (Wildman–Crippen MR) is 89.1 cm³/mol. The number of thioether (sulfide) groups is 1. The van der Waals surface area contributed by atoms with Gasteiger partial charge in [-0.1, -0.05) is 11.8 Å². The zero-order valence-electron chi connectivity index (χ0n) is 13.4. The van der Waals surface area contributed by atoms with Crippen LogP contribution in [0.3, 0.4) is 0 Å². The molecule has 1 unspecified atom stereocenters. The number of amides is 1. The van der Waals surface area contributed by atoms with Gasteiger partial charge < -0.3 is 20.5 Å². The molecular formula is C14H19N5O3S. The van der Waals surface area contributed by atoms with Crippen LogP contribution >= 0.6 is 11.8 Å². The van der Waals surface area contributed by atoms with Crippen molar-refractivity contribution in [1.29, 1.82) is 0 Å². The third-order valence-corrected chi connectivity index (χ3v) is 3.93. The van der Waals surface area contributed by atoms with Crippen LogP contribution in [-0.2, 0) is 4.79 Å². The summed E-state index contributed by atoms with van der Waals surface area (Å²) in [7, 11) is 3.09. The zero-order valence-corrected chi connectivity index (χ0v) is 14.2. The number of ether oxygens (including phenoxy) is 2. The maximum absolute atomic E-state index is 12.5. The van der Waals surface area contributed by atoms with E-state index >= 15 is 0 Å². The Morgan fingerprint density at radius 1 is 1.30 bits per heavy atom. The van der Waals surface area contributed by atoms with Crippen molar-refractivity contribution in [3.8, 4) is 11.5 Å². The molecule has 0 saturated carbocycles. The topological polar surface area (TPSA) is 104 Å². The molecule has 23 heavy (non-hydrogen) atoms. The Morgan fingerprint density at radius 3 is 2.61 bits per heavy atom. The molecular weight excluding hydrogens is 318 g/mol. The number of nitrogens with one attached hydrogen (secondary N) is 1. The van der Waals surface area contributed by atoms with E-state index in [9.17, 15) is 4.79 Å². The molecule has 3 N–H and O–H groups in total. The van der Waals surface area contributed by atoms with Crippen LogP contribution in [0.4, 0.5) is 11.6 Å². The smallest absolute Gasteiger partial charge is 0.247 e. The number of methoxy groups -OCH3 is 2. The van der Waals surface area contributed by atoms with Crippen LogP contribution in [0, 0.1) is 0 Å². The molecule has 1 aromatic heterocycles. The SMILES string of the molecule is COc1ccc(NC(=O)C(C)n2c(N)nnc2SC)cc1OC. The highest BCUT2D eigenvalue weighted by Gasteiger charge is 2.22. The Bertz CT molecular complexity index is 704. The van der Waals surface area contributed by atoms with Gasteiger partial charge in [-0.25, -0.2) is 0 Å². The van der Waals surface area contributed by atoms with E-state index in [1.165, 1.54) is 18.9 Å². The van der Waals surface area contributed by atoms with Gasteiger partial charge in [0.2, 0.25) is 11.9 Å². The first-order valence-electron chi connectivity index (χ1n) is 6.79. The molecule has 0 radical (unpaired) electrons. The molecule has 1 atom stereocenters. The molecule has 0 aliphatic rings.